The lowest BCUT2D eigenvalue weighted by Gasteiger charge is -2.08. The molecule has 1 aromatic heterocycles. The van der Waals surface area contributed by atoms with Crippen molar-refractivity contribution < 1.29 is 9.47 Å². The van der Waals surface area contributed by atoms with Crippen molar-refractivity contribution in [2.24, 2.45) is 0 Å². The fourth-order valence-electron chi connectivity index (χ4n) is 2.32. The number of unbranched alkanes of at least 4 members (excludes halogenated alkanes) is 1. The third kappa shape index (κ3) is 4.23. The molecule has 0 amide bonds. The van der Waals surface area contributed by atoms with Crippen LogP contribution in [-0.4, -0.2) is 11.6 Å². The molecular weight excluding hydrogens is 300 g/mol. The molecule has 2 aromatic carbocycles. The van der Waals surface area contributed by atoms with Crippen molar-refractivity contribution in [2.75, 3.05) is 6.61 Å². The van der Waals surface area contributed by atoms with Gasteiger partial charge in [0, 0.05) is 11.8 Å². The summed E-state index contributed by atoms with van der Waals surface area (Å²) in [5, 5.41) is 9.61. The van der Waals surface area contributed by atoms with Crippen molar-refractivity contribution in [3.63, 3.8) is 0 Å². The zero-order valence-corrected chi connectivity index (χ0v) is 13.3. The van der Waals surface area contributed by atoms with Crippen LogP contribution in [0.5, 0.6) is 11.5 Å². The zero-order chi connectivity index (χ0) is 16.6. The Balaban J connectivity index is 1.54. The summed E-state index contributed by atoms with van der Waals surface area (Å²) >= 11 is 0. The predicted molar refractivity (Wildman–Crippen MR) is 92.9 cm³/mol. The minimum absolute atomic E-state index is 0.424. The van der Waals surface area contributed by atoms with Crippen LogP contribution in [-0.2, 0) is 6.61 Å². The van der Waals surface area contributed by atoms with E-state index in [1.165, 1.54) is 0 Å². The van der Waals surface area contributed by atoms with Gasteiger partial charge in [-0.25, -0.2) is 4.98 Å². The zero-order valence-electron chi connectivity index (χ0n) is 13.3. The summed E-state index contributed by atoms with van der Waals surface area (Å²) < 4.78 is 11.3. The second kappa shape index (κ2) is 7.98. The van der Waals surface area contributed by atoms with Gasteiger partial charge in [0.1, 0.15) is 18.1 Å². The number of hydrogen-bond acceptors (Lipinski definition) is 4. The van der Waals surface area contributed by atoms with Gasteiger partial charge in [0.2, 0.25) is 0 Å². The molecule has 120 valence electrons. The van der Waals surface area contributed by atoms with E-state index in [-0.39, 0.29) is 0 Å². The molecule has 0 bridgehead atoms. The molecule has 0 unspecified atom stereocenters. The Morgan fingerprint density at radius 3 is 2.42 bits per heavy atom. The molecule has 3 aromatic rings. The van der Waals surface area contributed by atoms with Gasteiger partial charge in [0.25, 0.3) is 0 Å². The van der Waals surface area contributed by atoms with E-state index in [0.29, 0.717) is 19.6 Å². The van der Waals surface area contributed by atoms with Crippen LogP contribution < -0.4 is 9.47 Å². The highest BCUT2D eigenvalue weighted by Gasteiger charge is 2.01. The monoisotopic (exact) mass is 318 g/mol. The first kappa shape index (κ1) is 15.8. The normalized spacial score (nSPS) is 10.3. The number of pyridine rings is 1. The molecule has 0 atom stereocenters. The van der Waals surface area contributed by atoms with Crippen LogP contribution in [0.3, 0.4) is 0 Å². The third-order valence-corrected chi connectivity index (χ3v) is 3.57. The van der Waals surface area contributed by atoms with E-state index in [1.54, 1.807) is 0 Å². The highest BCUT2D eigenvalue weighted by atomic mass is 16.5. The number of nitrogens with zero attached hydrogens (tertiary/aromatic N) is 2. The summed E-state index contributed by atoms with van der Waals surface area (Å²) in [6, 6.07) is 21.7. The van der Waals surface area contributed by atoms with Crippen LogP contribution in [0.1, 0.15) is 18.5 Å². The van der Waals surface area contributed by atoms with Crippen molar-refractivity contribution in [3.8, 4) is 17.6 Å². The second-order valence-electron chi connectivity index (χ2n) is 5.37. The maximum atomic E-state index is 8.48. The van der Waals surface area contributed by atoms with Gasteiger partial charge in [0.15, 0.2) is 0 Å². The molecule has 3 rings (SSSR count). The summed E-state index contributed by atoms with van der Waals surface area (Å²) in [6.45, 7) is 0.974. The summed E-state index contributed by atoms with van der Waals surface area (Å²) in [6.07, 6.45) is 1.25. The highest BCUT2D eigenvalue weighted by Crippen LogP contribution is 2.19. The predicted octanol–water partition coefficient (Wildman–Crippen LogP) is 4.50. The Kier molecular flexibility index (Phi) is 5.26. The third-order valence-electron chi connectivity index (χ3n) is 3.57. The summed E-state index contributed by atoms with van der Waals surface area (Å²) in [5.41, 5.74) is 1.87. The molecule has 4 nitrogen and oxygen atoms in total. The molecule has 0 N–H and O–H groups in total. The van der Waals surface area contributed by atoms with E-state index in [9.17, 15) is 0 Å². The van der Waals surface area contributed by atoms with Gasteiger partial charge in [-0.1, -0.05) is 24.3 Å². The molecule has 0 saturated carbocycles. The first-order valence-electron chi connectivity index (χ1n) is 7.92. The van der Waals surface area contributed by atoms with Gasteiger partial charge in [-0.15, -0.1) is 0 Å². The quantitative estimate of drug-likeness (QED) is 0.602. The van der Waals surface area contributed by atoms with Gasteiger partial charge in [-0.2, -0.15) is 5.26 Å². The average Bonchev–Trinajstić information content (AvgIpc) is 2.64. The molecule has 0 aliphatic rings. The lowest BCUT2D eigenvalue weighted by atomic mass is 10.2. The van der Waals surface area contributed by atoms with Crippen molar-refractivity contribution in [3.05, 3.63) is 66.4 Å². The average molecular weight is 318 g/mol. The topological polar surface area (TPSA) is 55.1 Å². The number of hydrogen-bond donors (Lipinski definition) is 0. The Morgan fingerprint density at radius 2 is 1.62 bits per heavy atom. The number of rotatable bonds is 7. The summed E-state index contributed by atoms with van der Waals surface area (Å²) in [5.74, 6) is 1.55. The minimum atomic E-state index is 0.424. The van der Waals surface area contributed by atoms with Gasteiger partial charge in [-0.05, 0) is 42.8 Å². The largest absolute Gasteiger partial charge is 0.494 e. The number of aromatic nitrogens is 1. The van der Waals surface area contributed by atoms with Crippen LogP contribution >= 0.6 is 0 Å². The van der Waals surface area contributed by atoms with E-state index >= 15 is 0 Å². The van der Waals surface area contributed by atoms with Crippen molar-refractivity contribution in [1.29, 1.82) is 5.26 Å². The van der Waals surface area contributed by atoms with Gasteiger partial charge in [0.05, 0.1) is 23.9 Å². The van der Waals surface area contributed by atoms with Crippen LogP contribution in [0.2, 0.25) is 0 Å². The van der Waals surface area contributed by atoms with Crippen LogP contribution in [0.25, 0.3) is 10.9 Å². The molecule has 0 saturated heterocycles. The lowest BCUT2D eigenvalue weighted by molar-refractivity contribution is 0.297. The van der Waals surface area contributed by atoms with Crippen LogP contribution in [0.4, 0.5) is 0 Å². The van der Waals surface area contributed by atoms with E-state index in [2.05, 4.69) is 17.1 Å². The van der Waals surface area contributed by atoms with Crippen LogP contribution in [0.15, 0.2) is 60.7 Å². The number of nitriles is 1. The van der Waals surface area contributed by atoms with Crippen LogP contribution in [0, 0.1) is 11.3 Å². The molecule has 0 aliphatic carbocycles. The van der Waals surface area contributed by atoms with Gasteiger partial charge < -0.3 is 9.47 Å². The lowest BCUT2D eigenvalue weighted by Crippen LogP contribution is -1.99. The molecule has 0 radical (unpaired) electrons. The second-order valence-corrected chi connectivity index (χ2v) is 5.37. The van der Waals surface area contributed by atoms with Gasteiger partial charge >= 0.3 is 0 Å². The molecular formula is C20H18N2O2. The van der Waals surface area contributed by atoms with Crippen molar-refractivity contribution >= 4 is 10.9 Å². The summed E-state index contributed by atoms with van der Waals surface area (Å²) in [7, 11) is 0. The van der Waals surface area contributed by atoms with E-state index in [1.807, 2.05) is 54.6 Å². The van der Waals surface area contributed by atoms with E-state index in [4.69, 9.17) is 14.7 Å². The minimum Gasteiger partial charge on any atom is -0.494 e. The standard InChI is InChI=1S/C20H18N2O2/c21-13-3-4-14-23-18-9-11-19(12-10-18)24-15-17-8-7-16-5-1-2-6-20(16)22-17/h1-2,5-12H,3-4,14-15H2. The number of benzene rings is 2. The van der Waals surface area contributed by atoms with Crippen molar-refractivity contribution in [2.45, 2.75) is 19.4 Å². The number of para-hydroxylation sites is 1. The fourth-order valence-corrected chi connectivity index (χ4v) is 2.32. The molecule has 24 heavy (non-hydrogen) atoms. The van der Waals surface area contributed by atoms with E-state index in [0.717, 1.165) is 34.5 Å². The Morgan fingerprint density at radius 1 is 0.875 bits per heavy atom. The first-order chi connectivity index (χ1) is 11.8. The smallest absolute Gasteiger partial charge is 0.130 e. The number of fused-ring (bicyclic) bond motifs is 1. The first-order valence-corrected chi connectivity index (χ1v) is 7.92. The molecule has 0 aliphatic heterocycles. The highest BCUT2D eigenvalue weighted by molar-refractivity contribution is 5.78. The Labute approximate surface area is 141 Å². The molecule has 0 spiro atoms. The summed E-state index contributed by atoms with van der Waals surface area (Å²) in [4.78, 5) is 4.59. The maximum Gasteiger partial charge on any atom is 0.130 e. The molecule has 1 heterocycles. The Bertz CT molecular complexity index is 838. The number of ether oxygens (including phenoxy) is 2. The Hall–Kier alpha value is -3.06. The SMILES string of the molecule is N#CCCCOc1ccc(OCc2ccc3ccccc3n2)cc1. The maximum absolute atomic E-state index is 8.48. The fraction of sp³-hybridized carbons (Fsp3) is 0.200. The van der Waals surface area contributed by atoms with E-state index < -0.39 is 0 Å². The molecule has 4 heteroatoms. The van der Waals surface area contributed by atoms with Gasteiger partial charge in [-0.3, -0.25) is 0 Å². The molecule has 0 fully saturated rings. The van der Waals surface area contributed by atoms with Crippen molar-refractivity contribution in [1.82, 2.24) is 4.98 Å².